The smallest absolute Gasteiger partial charge is 0.333 e. The van der Waals surface area contributed by atoms with Crippen LogP contribution in [0.4, 0.5) is 4.39 Å². The number of nitrogens with zero attached hydrogens (tertiary/aromatic N) is 2. The molecule has 0 spiro atoms. The van der Waals surface area contributed by atoms with Gasteiger partial charge in [0.25, 0.3) is 0 Å². The van der Waals surface area contributed by atoms with Gasteiger partial charge in [-0.25, -0.2) is 14.0 Å². The van der Waals surface area contributed by atoms with Crippen LogP contribution in [0.1, 0.15) is 25.3 Å². The molecule has 0 saturated heterocycles. The van der Waals surface area contributed by atoms with Crippen LogP contribution in [0, 0.1) is 0 Å². The molecule has 1 aliphatic rings. The fourth-order valence-electron chi connectivity index (χ4n) is 3.59. The summed E-state index contributed by atoms with van der Waals surface area (Å²) in [6.07, 6.45) is 1.45. The normalized spacial score (nSPS) is 20.3. The minimum Gasteiger partial charge on any atom is -0.479 e. The number of benzene rings is 1. The van der Waals surface area contributed by atoms with E-state index in [1.165, 1.54) is 5.94 Å². The highest BCUT2D eigenvalue weighted by atomic mass is 19.1. The van der Waals surface area contributed by atoms with Gasteiger partial charge >= 0.3 is 5.97 Å². The molecule has 3 rings (SSSR count). The lowest BCUT2D eigenvalue weighted by molar-refractivity contribution is -0.157. The highest BCUT2D eigenvalue weighted by molar-refractivity contribution is 6.14. The summed E-state index contributed by atoms with van der Waals surface area (Å²) in [5.41, 5.74) is 2.18. The number of alkyl halides is 1. The molecular formula is C20H18FN3O5. The molecule has 0 amide bonds. The second kappa shape index (κ2) is 7.54. The van der Waals surface area contributed by atoms with Crippen LogP contribution in [0.2, 0.25) is 0 Å². The molecule has 2 atom stereocenters. The molecule has 3 N–H and O–H groups in total. The maximum absolute atomic E-state index is 13.0. The topological polar surface area (TPSA) is 132 Å². The van der Waals surface area contributed by atoms with E-state index in [1.807, 2.05) is 12.1 Å². The number of hydrogen-bond acceptors (Lipinski definition) is 7. The number of halogens is 1. The number of pyridine rings is 1. The van der Waals surface area contributed by atoms with Crippen molar-refractivity contribution in [3.8, 4) is 0 Å². The van der Waals surface area contributed by atoms with E-state index in [2.05, 4.69) is 10.1 Å². The van der Waals surface area contributed by atoms with Crippen LogP contribution in [0.3, 0.4) is 0 Å². The van der Waals surface area contributed by atoms with Gasteiger partial charge in [0, 0.05) is 23.6 Å². The molecule has 1 aromatic carbocycles. The monoisotopic (exact) mass is 399 g/mol. The van der Waals surface area contributed by atoms with E-state index < -0.39 is 35.1 Å². The van der Waals surface area contributed by atoms with Crippen molar-refractivity contribution in [1.82, 2.24) is 4.98 Å². The summed E-state index contributed by atoms with van der Waals surface area (Å²) in [6, 6.07) is 9.00. The molecule has 150 valence electrons. The maximum atomic E-state index is 13.0. The molecule has 0 fully saturated rings. The van der Waals surface area contributed by atoms with Crippen LogP contribution in [0.5, 0.6) is 0 Å². The highest BCUT2D eigenvalue weighted by Crippen LogP contribution is 2.42. The predicted octanol–water partition coefficient (Wildman–Crippen LogP) is 1.59. The Balaban J connectivity index is 2.11. The first kappa shape index (κ1) is 20.3. The van der Waals surface area contributed by atoms with E-state index >= 15 is 0 Å². The molecule has 2 aromatic rings. The lowest BCUT2D eigenvalue weighted by Gasteiger charge is -2.39. The lowest BCUT2D eigenvalue weighted by atomic mass is 9.69. The number of carbonyl (C=O) groups is 2. The number of aromatic nitrogens is 1. The summed E-state index contributed by atoms with van der Waals surface area (Å²) < 4.78 is 13.0. The van der Waals surface area contributed by atoms with Crippen molar-refractivity contribution in [2.24, 2.45) is 10.9 Å². The van der Waals surface area contributed by atoms with Crippen molar-refractivity contribution >= 4 is 34.3 Å². The van der Waals surface area contributed by atoms with Crippen molar-refractivity contribution in [3.63, 3.8) is 0 Å². The number of oxime groups is 1. The molecule has 0 aliphatic carbocycles. The molecule has 0 radical (unpaired) electrons. The van der Waals surface area contributed by atoms with Crippen molar-refractivity contribution < 1.29 is 28.7 Å². The number of fused-ring (bicyclic) bond motifs is 1. The van der Waals surface area contributed by atoms with Crippen LogP contribution >= 0.6 is 0 Å². The number of ketones is 1. The Kier molecular flexibility index (Phi) is 5.28. The van der Waals surface area contributed by atoms with Crippen LogP contribution in [-0.2, 0) is 19.2 Å². The van der Waals surface area contributed by atoms with Gasteiger partial charge in [-0.05, 0) is 12.5 Å². The van der Waals surface area contributed by atoms with E-state index in [0.717, 1.165) is 5.39 Å². The number of carboxylic acid groups (broad SMARTS) is 1. The van der Waals surface area contributed by atoms with Crippen molar-refractivity contribution in [2.75, 3.05) is 6.67 Å². The van der Waals surface area contributed by atoms with Crippen LogP contribution in [0.15, 0.2) is 47.3 Å². The Bertz CT molecular complexity index is 1070. The third kappa shape index (κ3) is 3.00. The fourth-order valence-corrected chi connectivity index (χ4v) is 3.59. The summed E-state index contributed by atoms with van der Waals surface area (Å²) in [5.74, 6) is -1.85. The van der Waals surface area contributed by atoms with Gasteiger partial charge in [0.15, 0.2) is 17.8 Å². The SMILES string of the molecule is CCC1(C(N)(C(=O)O)C(=C=O)C(=O)CF)CC(c2cccc3cccnc23)=NO1. The molecule has 2 unspecified atom stereocenters. The summed E-state index contributed by atoms with van der Waals surface area (Å²) >= 11 is 0. The summed E-state index contributed by atoms with van der Waals surface area (Å²) in [4.78, 5) is 45.2. The van der Waals surface area contributed by atoms with Crippen LogP contribution < -0.4 is 5.73 Å². The molecule has 9 heteroatoms. The zero-order valence-corrected chi connectivity index (χ0v) is 15.5. The van der Waals surface area contributed by atoms with E-state index in [-0.39, 0.29) is 12.8 Å². The molecule has 1 aromatic heterocycles. The molecule has 29 heavy (non-hydrogen) atoms. The summed E-state index contributed by atoms with van der Waals surface area (Å²) in [6.45, 7) is -0.00966. The zero-order chi connectivity index (χ0) is 21.2. The first-order valence-corrected chi connectivity index (χ1v) is 8.80. The van der Waals surface area contributed by atoms with E-state index in [9.17, 15) is 23.9 Å². The largest absolute Gasteiger partial charge is 0.479 e. The van der Waals surface area contributed by atoms with E-state index in [0.29, 0.717) is 16.8 Å². The first-order chi connectivity index (χ1) is 13.8. The fraction of sp³-hybridized carbons (Fsp3) is 0.300. The Hall–Kier alpha value is -3.42. The number of aliphatic carboxylic acids is 1. The number of para-hydroxylation sites is 1. The van der Waals surface area contributed by atoms with Crippen LogP contribution in [-0.4, -0.2) is 51.3 Å². The Morgan fingerprint density at radius 2 is 2.10 bits per heavy atom. The van der Waals surface area contributed by atoms with Gasteiger partial charge in [-0.2, -0.15) is 0 Å². The Morgan fingerprint density at radius 1 is 1.38 bits per heavy atom. The number of rotatable bonds is 7. The van der Waals surface area contributed by atoms with E-state index in [4.69, 9.17) is 10.6 Å². The number of carboxylic acids is 1. The molecule has 0 bridgehead atoms. The molecular weight excluding hydrogens is 381 g/mol. The lowest BCUT2D eigenvalue weighted by Crippen LogP contribution is -2.68. The van der Waals surface area contributed by atoms with Gasteiger partial charge in [0.2, 0.25) is 5.78 Å². The number of nitrogens with two attached hydrogens (primary N) is 1. The average molecular weight is 399 g/mol. The number of carbonyl (C=O) groups excluding carboxylic acids is 2. The Morgan fingerprint density at radius 3 is 2.72 bits per heavy atom. The van der Waals surface area contributed by atoms with Gasteiger partial charge in [-0.1, -0.05) is 36.3 Å². The van der Waals surface area contributed by atoms with Gasteiger partial charge in [-0.15, -0.1) is 0 Å². The van der Waals surface area contributed by atoms with E-state index in [1.54, 1.807) is 31.3 Å². The summed E-state index contributed by atoms with van der Waals surface area (Å²) in [7, 11) is 0. The zero-order valence-electron chi connectivity index (χ0n) is 15.5. The second-order valence-electron chi connectivity index (χ2n) is 6.68. The predicted molar refractivity (Wildman–Crippen MR) is 102 cm³/mol. The van der Waals surface area contributed by atoms with Gasteiger partial charge in [0.1, 0.15) is 11.5 Å². The van der Waals surface area contributed by atoms with Gasteiger partial charge < -0.3 is 15.7 Å². The van der Waals surface area contributed by atoms with Crippen molar-refractivity contribution in [3.05, 3.63) is 47.7 Å². The third-order valence-corrected chi connectivity index (χ3v) is 5.25. The molecule has 8 nitrogen and oxygen atoms in total. The minimum atomic E-state index is -2.64. The first-order valence-electron chi connectivity index (χ1n) is 8.80. The Labute approximate surface area is 164 Å². The van der Waals surface area contributed by atoms with Crippen LogP contribution in [0.25, 0.3) is 10.9 Å². The highest BCUT2D eigenvalue weighted by Gasteiger charge is 2.63. The van der Waals surface area contributed by atoms with Gasteiger partial charge in [0.05, 0.1) is 11.2 Å². The minimum absolute atomic E-state index is 0.0221. The number of hydrogen-bond donors (Lipinski definition) is 2. The van der Waals surface area contributed by atoms with Crippen molar-refractivity contribution in [2.45, 2.75) is 30.9 Å². The van der Waals surface area contributed by atoms with Crippen molar-refractivity contribution in [1.29, 1.82) is 0 Å². The van der Waals surface area contributed by atoms with Gasteiger partial charge in [-0.3, -0.25) is 9.78 Å². The second-order valence-corrected chi connectivity index (χ2v) is 6.68. The average Bonchev–Trinajstić information content (AvgIpc) is 3.19. The summed E-state index contributed by atoms with van der Waals surface area (Å²) in [5, 5.41) is 14.7. The standard InChI is InChI=1S/C20H18FN3O5/c1-2-19(20(22,18(27)28)14(11-25)16(26)10-21)9-15(24-29-19)13-7-3-5-12-6-4-8-23-17(12)13/h3-8H,2,9-10,22H2,1H3,(H,27,28). The molecule has 2 heterocycles. The molecule has 0 saturated carbocycles. The quantitative estimate of drug-likeness (QED) is 0.534. The maximum Gasteiger partial charge on any atom is 0.333 e. The molecule has 1 aliphatic heterocycles. The number of Topliss-reactive ketones (excluding diaryl/α,β-unsaturated/α-hetero) is 1. The third-order valence-electron chi connectivity index (χ3n) is 5.25.